The van der Waals surface area contributed by atoms with E-state index in [1.54, 1.807) is 12.1 Å². The molecule has 3 heterocycles. The van der Waals surface area contributed by atoms with Gasteiger partial charge in [0.25, 0.3) is 0 Å². The normalized spacial score (nSPS) is 18.4. The molecule has 5 rings (SSSR count). The van der Waals surface area contributed by atoms with Crippen LogP contribution in [0.1, 0.15) is 31.2 Å². The number of rotatable bonds is 7. The minimum absolute atomic E-state index is 0.0227. The number of para-hydroxylation sites is 2. The maximum atomic E-state index is 13.4. The van der Waals surface area contributed by atoms with E-state index in [2.05, 4.69) is 20.2 Å². The Kier molecular flexibility index (Phi) is 7.65. The molecule has 2 fully saturated rings. The molecule has 2 saturated heterocycles. The Hall–Kier alpha value is -3.20. The largest absolute Gasteiger partial charge is 0.492 e. The summed E-state index contributed by atoms with van der Waals surface area (Å²) in [5.74, 6) is 1.61. The molecule has 3 aromatic rings. The zero-order valence-electron chi connectivity index (χ0n) is 20.6. The Morgan fingerprint density at radius 1 is 1.06 bits per heavy atom. The van der Waals surface area contributed by atoms with Crippen LogP contribution in [0.2, 0.25) is 0 Å². The van der Waals surface area contributed by atoms with Crippen LogP contribution in [-0.4, -0.2) is 66.0 Å². The molecule has 2 aromatic carbocycles. The van der Waals surface area contributed by atoms with Crippen LogP contribution >= 0.6 is 11.5 Å². The Morgan fingerprint density at radius 2 is 1.83 bits per heavy atom. The van der Waals surface area contributed by atoms with Crippen LogP contribution in [0.5, 0.6) is 5.75 Å². The molecule has 2 aliphatic rings. The summed E-state index contributed by atoms with van der Waals surface area (Å²) in [6.07, 6.45) is 2.44. The van der Waals surface area contributed by atoms with Crippen LogP contribution in [0, 0.1) is 11.7 Å². The summed E-state index contributed by atoms with van der Waals surface area (Å²) >= 11 is 1.38. The van der Waals surface area contributed by atoms with Gasteiger partial charge in [0.2, 0.25) is 11.0 Å². The first-order valence-electron chi connectivity index (χ1n) is 12.7. The standard InChI is InChI=1S/C27H32FN5O2S/c1-2-35-24-8-4-3-7-23(24)31-14-16-32(17-15-31)26(34)21-6-5-13-33(19-21)27-29-25(30-36-27)18-20-9-11-22(28)12-10-20/h3-4,7-12,21H,2,5-6,13-19H2,1H3. The van der Waals surface area contributed by atoms with Gasteiger partial charge in [0.15, 0.2) is 0 Å². The highest BCUT2D eigenvalue weighted by Crippen LogP contribution is 2.30. The number of hydrogen-bond acceptors (Lipinski definition) is 7. The molecule has 0 radical (unpaired) electrons. The molecule has 0 spiro atoms. The Bertz CT molecular complexity index is 1160. The summed E-state index contributed by atoms with van der Waals surface area (Å²) in [5.41, 5.74) is 2.08. The number of carbonyl (C=O) groups excluding carboxylic acids is 1. The lowest BCUT2D eigenvalue weighted by molar-refractivity contribution is -0.136. The predicted octanol–water partition coefficient (Wildman–Crippen LogP) is 4.23. The van der Waals surface area contributed by atoms with Crippen molar-refractivity contribution in [3.8, 4) is 5.75 Å². The minimum atomic E-state index is -0.244. The van der Waals surface area contributed by atoms with Gasteiger partial charge in [-0.25, -0.2) is 9.37 Å². The molecule has 1 amide bonds. The first-order valence-corrected chi connectivity index (χ1v) is 13.5. The highest BCUT2D eigenvalue weighted by atomic mass is 32.1. The number of piperazine rings is 1. The summed E-state index contributed by atoms with van der Waals surface area (Å²) in [4.78, 5) is 24.7. The SMILES string of the molecule is CCOc1ccccc1N1CCN(C(=O)C2CCCN(c3nc(Cc4ccc(F)cc4)ns3)C2)CC1. The maximum Gasteiger partial charge on any atom is 0.227 e. The second kappa shape index (κ2) is 11.2. The van der Waals surface area contributed by atoms with Crippen molar-refractivity contribution < 1.29 is 13.9 Å². The average molecular weight is 510 g/mol. The topological polar surface area (TPSA) is 61.8 Å². The van der Waals surface area contributed by atoms with Gasteiger partial charge in [0.1, 0.15) is 17.4 Å². The Morgan fingerprint density at radius 3 is 2.61 bits per heavy atom. The molecule has 36 heavy (non-hydrogen) atoms. The fourth-order valence-electron chi connectivity index (χ4n) is 5.00. The first kappa shape index (κ1) is 24.5. The number of amides is 1. The van der Waals surface area contributed by atoms with Crippen molar-refractivity contribution >= 4 is 28.3 Å². The van der Waals surface area contributed by atoms with Crippen LogP contribution in [0.4, 0.5) is 15.2 Å². The van der Waals surface area contributed by atoms with Crippen LogP contribution < -0.4 is 14.5 Å². The zero-order valence-corrected chi connectivity index (χ0v) is 21.4. The average Bonchev–Trinajstić information content (AvgIpc) is 3.39. The Balaban J connectivity index is 1.17. The van der Waals surface area contributed by atoms with Crippen molar-refractivity contribution in [3.05, 3.63) is 65.7 Å². The lowest BCUT2D eigenvalue weighted by Gasteiger charge is -2.40. The molecular weight excluding hydrogens is 477 g/mol. The molecule has 1 atom stereocenters. The van der Waals surface area contributed by atoms with Crippen molar-refractivity contribution in [2.75, 3.05) is 55.7 Å². The molecule has 7 nitrogen and oxygen atoms in total. The summed E-state index contributed by atoms with van der Waals surface area (Å²) in [7, 11) is 0. The predicted molar refractivity (Wildman–Crippen MR) is 140 cm³/mol. The summed E-state index contributed by atoms with van der Waals surface area (Å²) in [5, 5.41) is 0.863. The van der Waals surface area contributed by atoms with Crippen LogP contribution in [-0.2, 0) is 11.2 Å². The van der Waals surface area contributed by atoms with Gasteiger partial charge >= 0.3 is 0 Å². The van der Waals surface area contributed by atoms with E-state index >= 15 is 0 Å². The third-order valence-electron chi connectivity index (χ3n) is 6.87. The van der Waals surface area contributed by atoms with Gasteiger partial charge in [0.05, 0.1) is 18.2 Å². The minimum Gasteiger partial charge on any atom is -0.492 e. The van der Waals surface area contributed by atoms with Gasteiger partial charge < -0.3 is 19.4 Å². The van der Waals surface area contributed by atoms with E-state index in [1.807, 2.05) is 30.0 Å². The van der Waals surface area contributed by atoms with E-state index in [4.69, 9.17) is 9.72 Å². The monoisotopic (exact) mass is 509 g/mol. The summed E-state index contributed by atoms with van der Waals surface area (Å²) < 4.78 is 23.5. The van der Waals surface area contributed by atoms with Gasteiger partial charge in [-0.2, -0.15) is 4.37 Å². The number of nitrogens with zero attached hydrogens (tertiary/aromatic N) is 5. The highest BCUT2D eigenvalue weighted by Gasteiger charge is 2.32. The van der Waals surface area contributed by atoms with Gasteiger partial charge in [-0.3, -0.25) is 4.79 Å². The van der Waals surface area contributed by atoms with Crippen LogP contribution in [0.3, 0.4) is 0 Å². The second-order valence-electron chi connectivity index (χ2n) is 9.29. The zero-order chi connectivity index (χ0) is 24.9. The van der Waals surface area contributed by atoms with Crippen molar-refractivity contribution in [1.29, 1.82) is 0 Å². The molecule has 2 aliphatic heterocycles. The highest BCUT2D eigenvalue weighted by molar-refractivity contribution is 7.09. The van der Waals surface area contributed by atoms with E-state index in [9.17, 15) is 9.18 Å². The number of hydrogen-bond donors (Lipinski definition) is 0. The third-order valence-corrected chi connectivity index (χ3v) is 7.69. The number of halogens is 1. The van der Waals surface area contributed by atoms with Gasteiger partial charge in [-0.15, -0.1) is 0 Å². The number of carbonyl (C=O) groups is 1. The number of benzene rings is 2. The quantitative estimate of drug-likeness (QED) is 0.475. The van der Waals surface area contributed by atoms with Crippen molar-refractivity contribution in [1.82, 2.24) is 14.3 Å². The molecule has 0 bridgehead atoms. The summed E-state index contributed by atoms with van der Waals surface area (Å²) in [6.45, 7) is 7.23. The van der Waals surface area contributed by atoms with E-state index in [0.717, 1.165) is 73.5 Å². The lowest BCUT2D eigenvalue weighted by atomic mass is 9.96. The maximum absolute atomic E-state index is 13.4. The second-order valence-corrected chi connectivity index (χ2v) is 10.0. The van der Waals surface area contributed by atoms with Crippen LogP contribution in [0.25, 0.3) is 0 Å². The molecule has 1 aromatic heterocycles. The van der Waals surface area contributed by atoms with E-state index < -0.39 is 0 Å². The lowest BCUT2D eigenvalue weighted by Crippen LogP contribution is -2.52. The number of aromatic nitrogens is 2. The molecular formula is C27H32FN5O2S. The smallest absolute Gasteiger partial charge is 0.227 e. The van der Waals surface area contributed by atoms with Crippen LogP contribution in [0.15, 0.2) is 48.5 Å². The molecule has 0 N–H and O–H groups in total. The van der Waals surface area contributed by atoms with Gasteiger partial charge in [-0.05, 0) is 49.6 Å². The molecule has 0 aliphatic carbocycles. The van der Waals surface area contributed by atoms with E-state index in [0.29, 0.717) is 19.6 Å². The first-order chi connectivity index (χ1) is 17.6. The van der Waals surface area contributed by atoms with Gasteiger partial charge in [-0.1, -0.05) is 24.3 Å². The van der Waals surface area contributed by atoms with E-state index in [1.165, 1.54) is 23.7 Å². The number of ether oxygens (including phenoxy) is 1. The Labute approximate surface area is 215 Å². The summed E-state index contributed by atoms with van der Waals surface area (Å²) in [6, 6.07) is 14.6. The van der Waals surface area contributed by atoms with Crippen molar-refractivity contribution in [2.45, 2.75) is 26.2 Å². The van der Waals surface area contributed by atoms with Gasteiger partial charge in [0, 0.05) is 57.2 Å². The molecule has 1 unspecified atom stereocenters. The number of anilines is 2. The number of piperidine rings is 1. The van der Waals surface area contributed by atoms with E-state index in [-0.39, 0.29) is 17.6 Å². The molecule has 190 valence electrons. The van der Waals surface area contributed by atoms with Crippen molar-refractivity contribution in [2.24, 2.45) is 5.92 Å². The molecule has 9 heteroatoms. The van der Waals surface area contributed by atoms with Crippen molar-refractivity contribution in [3.63, 3.8) is 0 Å². The fourth-order valence-corrected chi connectivity index (χ4v) is 5.72. The fraction of sp³-hybridized carbons (Fsp3) is 0.444. The molecule has 0 saturated carbocycles. The third kappa shape index (κ3) is 5.61.